The minimum atomic E-state index is -0.346. The van der Waals surface area contributed by atoms with Crippen LogP contribution in [0.25, 0.3) is 0 Å². The quantitative estimate of drug-likeness (QED) is 0.856. The van der Waals surface area contributed by atoms with Crippen molar-refractivity contribution in [3.63, 3.8) is 0 Å². The molecule has 0 spiro atoms. The molecule has 0 radical (unpaired) electrons. The Morgan fingerprint density at radius 3 is 2.89 bits per heavy atom. The van der Waals surface area contributed by atoms with E-state index in [1.54, 1.807) is 11.8 Å². The Morgan fingerprint density at radius 2 is 2.26 bits per heavy atom. The van der Waals surface area contributed by atoms with Crippen molar-refractivity contribution in [3.8, 4) is 0 Å². The fourth-order valence-electron chi connectivity index (χ4n) is 1.82. The Morgan fingerprint density at radius 1 is 1.53 bits per heavy atom. The lowest BCUT2D eigenvalue weighted by Crippen LogP contribution is -2.42. The molecule has 0 saturated carbocycles. The monoisotopic (exact) mass is 278 g/mol. The third-order valence-corrected chi connectivity index (χ3v) is 4.13. The van der Waals surface area contributed by atoms with Gasteiger partial charge >= 0.3 is 0 Å². The number of nitrogens with one attached hydrogen (secondary N) is 1. The van der Waals surface area contributed by atoms with E-state index in [1.165, 1.54) is 0 Å². The normalized spacial score (nSPS) is 19.9. The van der Waals surface area contributed by atoms with Gasteiger partial charge in [0.2, 0.25) is 5.91 Å². The average molecular weight is 278 g/mol. The highest BCUT2D eigenvalue weighted by molar-refractivity contribution is 8.14. The van der Waals surface area contributed by atoms with Gasteiger partial charge in [0.1, 0.15) is 6.04 Å². The summed E-state index contributed by atoms with van der Waals surface area (Å²) in [5.74, 6) is 0.567. The molecule has 0 saturated heterocycles. The standard InChI is InChI=1S/C14H18N2O2S/c1-2-11(8-17)15-13(18)12-9-19-14(16-12)10-6-4-3-5-7-10/h3-7,11-12,17H,2,8-9H2,1H3,(H,15,18). The fraction of sp³-hybridized carbons (Fsp3) is 0.429. The molecule has 0 bridgehead atoms. The molecule has 1 aliphatic rings. The largest absolute Gasteiger partial charge is 0.394 e. The van der Waals surface area contributed by atoms with E-state index < -0.39 is 0 Å². The van der Waals surface area contributed by atoms with Crippen LogP contribution in [-0.4, -0.2) is 40.5 Å². The molecule has 0 aliphatic carbocycles. The lowest BCUT2D eigenvalue weighted by atomic mass is 10.2. The molecule has 19 heavy (non-hydrogen) atoms. The van der Waals surface area contributed by atoms with E-state index in [1.807, 2.05) is 37.3 Å². The number of benzene rings is 1. The number of aliphatic hydroxyl groups is 1. The zero-order chi connectivity index (χ0) is 13.7. The minimum absolute atomic E-state index is 0.0304. The molecule has 2 atom stereocenters. The zero-order valence-corrected chi connectivity index (χ0v) is 11.7. The topological polar surface area (TPSA) is 61.7 Å². The van der Waals surface area contributed by atoms with Gasteiger partial charge < -0.3 is 10.4 Å². The molecule has 5 heteroatoms. The number of hydrogen-bond donors (Lipinski definition) is 2. The van der Waals surface area contributed by atoms with Crippen molar-refractivity contribution in [3.05, 3.63) is 35.9 Å². The molecule has 1 aliphatic heterocycles. The number of nitrogens with zero attached hydrogens (tertiary/aromatic N) is 1. The average Bonchev–Trinajstić information content (AvgIpc) is 2.95. The van der Waals surface area contributed by atoms with E-state index in [0.717, 1.165) is 17.0 Å². The van der Waals surface area contributed by atoms with E-state index in [9.17, 15) is 4.79 Å². The summed E-state index contributed by atoms with van der Waals surface area (Å²) in [4.78, 5) is 16.5. The zero-order valence-electron chi connectivity index (χ0n) is 10.9. The number of hydrogen-bond acceptors (Lipinski definition) is 4. The molecule has 2 N–H and O–H groups in total. The van der Waals surface area contributed by atoms with Gasteiger partial charge in [-0.2, -0.15) is 0 Å². The van der Waals surface area contributed by atoms with Gasteiger partial charge in [-0.15, -0.1) is 11.8 Å². The highest BCUT2D eigenvalue weighted by atomic mass is 32.2. The maximum absolute atomic E-state index is 12.0. The summed E-state index contributed by atoms with van der Waals surface area (Å²) in [5, 5.41) is 12.8. The van der Waals surface area contributed by atoms with Crippen LogP contribution in [0.15, 0.2) is 35.3 Å². The van der Waals surface area contributed by atoms with Gasteiger partial charge in [0.05, 0.1) is 17.7 Å². The van der Waals surface area contributed by atoms with Crippen LogP contribution in [0.3, 0.4) is 0 Å². The van der Waals surface area contributed by atoms with Crippen molar-refractivity contribution in [1.82, 2.24) is 5.32 Å². The Labute approximate surface area is 117 Å². The maximum Gasteiger partial charge on any atom is 0.246 e. The summed E-state index contributed by atoms with van der Waals surface area (Å²) in [5.41, 5.74) is 1.05. The highest BCUT2D eigenvalue weighted by Gasteiger charge is 2.26. The van der Waals surface area contributed by atoms with E-state index >= 15 is 0 Å². The lowest BCUT2D eigenvalue weighted by molar-refractivity contribution is -0.122. The van der Waals surface area contributed by atoms with Crippen molar-refractivity contribution in [2.75, 3.05) is 12.4 Å². The molecule has 0 fully saturated rings. The third kappa shape index (κ3) is 3.58. The van der Waals surface area contributed by atoms with Gasteiger partial charge in [0.25, 0.3) is 0 Å². The first-order valence-corrected chi connectivity index (χ1v) is 7.40. The van der Waals surface area contributed by atoms with E-state index in [4.69, 9.17) is 5.11 Å². The van der Waals surface area contributed by atoms with Gasteiger partial charge in [-0.05, 0) is 6.42 Å². The van der Waals surface area contributed by atoms with Crippen LogP contribution in [0, 0.1) is 0 Å². The van der Waals surface area contributed by atoms with Crippen LogP contribution in [0.5, 0.6) is 0 Å². The van der Waals surface area contributed by atoms with Crippen LogP contribution < -0.4 is 5.32 Å². The van der Waals surface area contributed by atoms with Crippen molar-refractivity contribution in [2.24, 2.45) is 4.99 Å². The van der Waals surface area contributed by atoms with Gasteiger partial charge in [-0.1, -0.05) is 37.3 Å². The fourth-order valence-corrected chi connectivity index (χ4v) is 2.87. The van der Waals surface area contributed by atoms with Crippen molar-refractivity contribution >= 4 is 22.7 Å². The van der Waals surface area contributed by atoms with E-state index in [-0.39, 0.29) is 24.6 Å². The van der Waals surface area contributed by atoms with Crippen molar-refractivity contribution < 1.29 is 9.90 Å². The molecule has 4 nitrogen and oxygen atoms in total. The number of amides is 1. The molecule has 1 aromatic carbocycles. The summed E-state index contributed by atoms with van der Waals surface area (Å²) in [6, 6.07) is 9.36. The molecule has 1 heterocycles. The van der Waals surface area contributed by atoms with E-state index in [0.29, 0.717) is 5.75 Å². The summed E-state index contributed by atoms with van der Waals surface area (Å²) in [6.45, 7) is 1.90. The Balaban J connectivity index is 2.00. The lowest BCUT2D eigenvalue weighted by Gasteiger charge is -2.15. The van der Waals surface area contributed by atoms with Gasteiger partial charge in [0, 0.05) is 11.3 Å². The minimum Gasteiger partial charge on any atom is -0.394 e. The van der Waals surface area contributed by atoms with Crippen LogP contribution in [0.4, 0.5) is 0 Å². The smallest absolute Gasteiger partial charge is 0.246 e. The Bertz CT molecular complexity index is 458. The van der Waals surface area contributed by atoms with E-state index in [2.05, 4.69) is 10.3 Å². The summed E-state index contributed by atoms with van der Waals surface area (Å²) in [7, 11) is 0. The first-order valence-electron chi connectivity index (χ1n) is 6.41. The molecule has 0 aromatic heterocycles. The Hall–Kier alpha value is -1.33. The molecular formula is C14H18N2O2S. The SMILES string of the molecule is CCC(CO)NC(=O)C1CSC(c2ccccc2)=N1. The third-order valence-electron chi connectivity index (χ3n) is 3.03. The number of aliphatic hydroxyl groups excluding tert-OH is 1. The summed E-state index contributed by atoms with van der Waals surface area (Å²) in [6.07, 6.45) is 0.720. The second-order valence-electron chi connectivity index (χ2n) is 4.42. The predicted molar refractivity (Wildman–Crippen MR) is 78.5 cm³/mol. The second-order valence-corrected chi connectivity index (χ2v) is 5.43. The van der Waals surface area contributed by atoms with Crippen molar-refractivity contribution in [2.45, 2.75) is 25.4 Å². The summed E-state index contributed by atoms with van der Waals surface area (Å²) >= 11 is 1.60. The molecule has 2 rings (SSSR count). The second kappa shape index (κ2) is 6.73. The molecule has 1 aromatic rings. The number of aliphatic imine (C=N–C) groups is 1. The highest BCUT2D eigenvalue weighted by Crippen LogP contribution is 2.23. The first kappa shape index (κ1) is 14.1. The number of rotatable bonds is 5. The van der Waals surface area contributed by atoms with Crippen LogP contribution in [0.1, 0.15) is 18.9 Å². The van der Waals surface area contributed by atoms with Gasteiger partial charge in [-0.25, -0.2) is 0 Å². The molecule has 102 valence electrons. The van der Waals surface area contributed by atoms with Gasteiger partial charge in [0.15, 0.2) is 0 Å². The maximum atomic E-state index is 12.0. The summed E-state index contributed by atoms with van der Waals surface area (Å²) < 4.78 is 0. The molecular weight excluding hydrogens is 260 g/mol. The van der Waals surface area contributed by atoms with Crippen molar-refractivity contribution in [1.29, 1.82) is 0 Å². The van der Waals surface area contributed by atoms with Gasteiger partial charge in [-0.3, -0.25) is 9.79 Å². The predicted octanol–water partition coefficient (Wildman–Crippen LogP) is 1.44. The number of carbonyl (C=O) groups excluding carboxylic acids is 1. The van der Waals surface area contributed by atoms with Crippen LogP contribution in [0.2, 0.25) is 0 Å². The number of carbonyl (C=O) groups is 1. The number of thioether (sulfide) groups is 1. The molecule has 1 amide bonds. The molecule has 2 unspecified atom stereocenters. The van der Waals surface area contributed by atoms with Crippen LogP contribution in [-0.2, 0) is 4.79 Å². The first-order chi connectivity index (χ1) is 9.24. The Kier molecular flexibility index (Phi) is 4.99. The van der Waals surface area contributed by atoms with Crippen LogP contribution >= 0.6 is 11.8 Å².